The molecule has 0 aliphatic carbocycles. The Morgan fingerprint density at radius 1 is 1.50 bits per heavy atom. The van der Waals surface area contributed by atoms with Crippen molar-refractivity contribution in [1.82, 2.24) is 15.1 Å². The summed E-state index contributed by atoms with van der Waals surface area (Å²) in [4.78, 5) is 24.6. The molecule has 1 aromatic rings. The van der Waals surface area contributed by atoms with Gasteiger partial charge < -0.3 is 9.64 Å². The van der Waals surface area contributed by atoms with Crippen molar-refractivity contribution in [2.75, 3.05) is 26.8 Å². The molecule has 1 amide bonds. The van der Waals surface area contributed by atoms with E-state index >= 15 is 0 Å². The molecular formula is C12H17N3O3. The Morgan fingerprint density at radius 2 is 2.22 bits per heavy atom. The van der Waals surface area contributed by atoms with E-state index in [1.165, 1.54) is 12.1 Å². The molecule has 0 bridgehead atoms. The van der Waals surface area contributed by atoms with Gasteiger partial charge in [0.05, 0.1) is 0 Å². The van der Waals surface area contributed by atoms with Crippen molar-refractivity contribution in [3.05, 3.63) is 28.2 Å². The van der Waals surface area contributed by atoms with Crippen LogP contribution >= 0.6 is 0 Å². The van der Waals surface area contributed by atoms with Gasteiger partial charge in [0.25, 0.3) is 11.5 Å². The van der Waals surface area contributed by atoms with Crippen LogP contribution in [0, 0.1) is 5.92 Å². The number of nitrogens with one attached hydrogen (secondary N) is 1. The number of aromatic amines is 1. The average Bonchev–Trinajstić information content (AvgIpc) is 2.40. The quantitative estimate of drug-likeness (QED) is 0.836. The minimum Gasteiger partial charge on any atom is -0.381 e. The van der Waals surface area contributed by atoms with Gasteiger partial charge >= 0.3 is 0 Å². The van der Waals surface area contributed by atoms with Crippen LogP contribution in [0.15, 0.2) is 16.9 Å². The van der Waals surface area contributed by atoms with Gasteiger partial charge in [0.2, 0.25) is 0 Å². The highest BCUT2D eigenvalue weighted by Crippen LogP contribution is 2.16. The molecule has 1 aliphatic heterocycles. The molecule has 0 aromatic carbocycles. The molecule has 1 fully saturated rings. The molecule has 2 rings (SSSR count). The van der Waals surface area contributed by atoms with Crippen molar-refractivity contribution >= 4 is 5.91 Å². The topological polar surface area (TPSA) is 75.3 Å². The Labute approximate surface area is 105 Å². The smallest absolute Gasteiger partial charge is 0.274 e. The number of hydrogen-bond acceptors (Lipinski definition) is 4. The lowest BCUT2D eigenvalue weighted by molar-refractivity contribution is 0.0494. The summed E-state index contributed by atoms with van der Waals surface area (Å²) in [5, 5.41) is 6.01. The number of nitrogens with zero attached hydrogens (tertiary/aromatic N) is 2. The molecule has 6 heteroatoms. The van der Waals surface area contributed by atoms with Gasteiger partial charge in [-0.05, 0) is 24.8 Å². The molecule has 0 atom stereocenters. The highest BCUT2D eigenvalue weighted by Gasteiger charge is 2.20. The summed E-state index contributed by atoms with van der Waals surface area (Å²) in [6.07, 6.45) is 1.97. The average molecular weight is 251 g/mol. The molecule has 1 saturated heterocycles. The number of H-pyrrole nitrogens is 1. The highest BCUT2D eigenvalue weighted by molar-refractivity contribution is 5.91. The summed E-state index contributed by atoms with van der Waals surface area (Å²) in [6, 6.07) is 2.75. The van der Waals surface area contributed by atoms with E-state index in [0.29, 0.717) is 12.5 Å². The Balaban J connectivity index is 1.95. The maximum Gasteiger partial charge on any atom is 0.274 e. The van der Waals surface area contributed by atoms with E-state index in [2.05, 4.69) is 10.2 Å². The van der Waals surface area contributed by atoms with Crippen molar-refractivity contribution in [2.45, 2.75) is 12.8 Å². The van der Waals surface area contributed by atoms with Crippen LogP contribution in [0.1, 0.15) is 23.3 Å². The standard InChI is InChI=1S/C12H17N3O3/c1-15(8-9-4-6-18-7-5-9)12(17)10-2-3-11(16)14-13-10/h2-3,9H,4-8H2,1H3,(H,14,16). The molecular weight excluding hydrogens is 234 g/mol. The molecule has 0 saturated carbocycles. The summed E-state index contributed by atoms with van der Waals surface area (Å²) in [5.41, 5.74) is -0.0391. The Kier molecular flexibility index (Phi) is 4.09. The van der Waals surface area contributed by atoms with Gasteiger partial charge in [0, 0.05) is 32.9 Å². The van der Waals surface area contributed by atoms with E-state index in [9.17, 15) is 9.59 Å². The summed E-state index contributed by atoms with van der Waals surface area (Å²) < 4.78 is 5.28. The zero-order chi connectivity index (χ0) is 13.0. The first-order valence-corrected chi connectivity index (χ1v) is 6.06. The van der Waals surface area contributed by atoms with Crippen LogP contribution in [0.25, 0.3) is 0 Å². The van der Waals surface area contributed by atoms with Crippen LogP contribution in [0.3, 0.4) is 0 Å². The summed E-state index contributed by atoms with van der Waals surface area (Å²) >= 11 is 0. The molecule has 98 valence electrons. The third kappa shape index (κ3) is 3.16. The minimum atomic E-state index is -0.307. The molecule has 0 radical (unpaired) electrons. The second-order valence-electron chi connectivity index (χ2n) is 4.55. The Hall–Kier alpha value is -1.69. The molecule has 1 aliphatic rings. The molecule has 6 nitrogen and oxygen atoms in total. The van der Waals surface area contributed by atoms with Crippen molar-refractivity contribution in [2.24, 2.45) is 5.92 Å². The van der Waals surface area contributed by atoms with E-state index in [1.54, 1.807) is 11.9 Å². The van der Waals surface area contributed by atoms with Gasteiger partial charge in [-0.15, -0.1) is 0 Å². The van der Waals surface area contributed by atoms with Gasteiger partial charge in [-0.3, -0.25) is 9.59 Å². The predicted molar refractivity (Wildman–Crippen MR) is 65.4 cm³/mol. The Bertz CT molecular complexity index is 445. The van der Waals surface area contributed by atoms with Gasteiger partial charge in [-0.1, -0.05) is 0 Å². The fourth-order valence-corrected chi connectivity index (χ4v) is 2.06. The third-order valence-electron chi connectivity index (χ3n) is 3.12. The van der Waals surface area contributed by atoms with E-state index in [1.807, 2.05) is 0 Å². The monoisotopic (exact) mass is 251 g/mol. The first-order chi connectivity index (χ1) is 8.66. The zero-order valence-corrected chi connectivity index (χ0v) is 10.4. The lowest BCUT2D eigenvalue weighted by atomic mass is 10.00. The fourth-order valence-electron chi connectivity index (χ4n) is 2.06. The molecule has 0 unspecified atom stereocenters. The van der Waals surface area contributed by atoms with Crippen molar-refractivity contribution in [1.29, 1.82) is 0 Å². The van der Waals surface area contributed by atoms with Crippen LogP contribution < -0.4 is 5.56 Å². The number of ether oxygens (including phenoxy) is 1. The van der Waals surface area contributed by atoms with Crippen LogP contribution in [-0.4, -0.2) is 47.8 Å². The van der Waals surface area contributed by atoms with Crippen molar-refractivity contribution < 1.29 is 9.53 Å². The first-order valence-electron chi connectivity index (χ1n) is 6.06. The fraction of sp³-hybridized carbons (Fsp3) is 0.583. The van der Waals surface area contributed by atoms with Crippen molar-refractivity contribution in [3.8, 4) is 0 Å². The van der Waals surface area contributed by atoms with E-state index in [-0.39, 0.29) is 17.2 Å². The summed E-state index contributed by atoms with van der Waals surface area (Å²) in [5.74, 6) is 0.313. The number of carbonyl (C=O) groups excluding carboxylic acids is 1. The molecule has 1 aromatic heterocycles. The molecule has 18 heavy (non-hydrogen) atoms. The second kappa shape index (κ2) is 5.77. The maximum absolute atomic E-state index is 12.0. The van der Waals surface area contributed by atoms with Gasteiger partial charge in [-0.25, -0.2) is 5.10 Å². The second-order valence-corrected chi connectivity index (χ2v) is 4.55. The van der Waals surface area contributed by atoms with E-state index in [4.69, 9.17) is 4.74 Å². The van der Waals surface area contributed by atoms with Crippen molar-refractivity contribution in [3.63, 3.8) is 0 Å². The SMILES string of the molecule is CN(CC1CCOCC1)C(=O)c1ccc(=O)[nH]n1. The Morgan fingerprint density at radius 3 is 2.83 bits per heavy atom. The summed E-state index contributed by atoms with van der Waals surface area (Å²) in [6.45, 7) is 2.23. The van der Waals surface area contributed by atoms with Gasteiger partial charge in [0.15, 0.2) is 0 Å². The van der Waals surface area contributed by atoms with E-state index < -0.39 is 0 Å². The number of hydrogen-bond donors (Lipinski definition) is 1. The van der Waals surface area contributed by atoms with Gasteiger partial charge in [0.1, 0.15) is 5.69 Å². The zero-order valence-electron chi connectivity index (χ0n) is 10.4. The lowest BCUT2D eigenvalue weighted by Gasteiger charge is -2.26. The first kappa shape index (κ1) is 12.8. The molecule has 2 heterocycles. The van der Waals surface area contributed by atoms with Crippen LogP contribution in [0.4, 0.5) is 0 Å². The lowest BCUT2D eigenvalue weighted by Crippen LogP contribution is -2.35. The third-order valence-corrected chi connectivity index (χ3v) is 3.12. The van der Waals surface area contributed by atoms with Crippen LogP contribution in [-0.2, 0) is 4.74 Å². The van der Waals surface area contributed by atoms with Crippen LogP contribution in [0.2, 0.25) is 0 Å². The summed E-state index contributed by atoms with van der Waals surface area (Å²) in [7, 11) is 1.75. The molecule has 1 N–H and O–H groups in total. The minimum absolute atomic E-state index is 0.169. The number of rotatable bonds is 3. The normalized spacial score (nSPS) is 16.5. The highest BCUT2D eigenvalue weighted by atomic mass is 16.5. The predicted octanol–water partition coefficient (Wildman–Crippen LogP) is 0.269. The maximum atomic E-state index is 12.0. The largest absolute Gasteiger partial charge is 0.381 e. The number of carbonyl (C=O) groups is 1. The van der Waals surface area contributed by atoms with Gasteiger partial charge in [-0.2, -0.15) is 5.10 Å². The van der Waals surface area contributed by atoms with E-state index in [0.717, 1.165) is 26.1 Å². The molecule has 0 spiro atoms. The number of amides is 1. The number of aromatic nitrogens is 2. The van der Waals surface area contributed by atoms with Crippen LogP contribution in [0.5, 0.6) is 0 Å².